The highest BCUT2D eigenvalue weighted by molar-refractivity contribution is 6.31. The van der Waals surface area contributed by atoms with Crippen LogP contribution in [0.5, 0.6) is 5.75 Å². The molecule has 0 fully saturated rings. The Hall–Kier alpha value is -1.26. The highest BCUT2D eigenvalue weighted by Crippen LogP contribution is 2.27. The molecule has 0 amide bonds. The molecule has 4 nitrogen and oxygen atoms in total. The molecule has 0 saturated carbocycles. The predicted octanol–water partition coefficient (Wildman–Crippen LogP) is 2.55. The summed E-state index contributed by atoms with van der Waals surface area (Å²) in [6.07, 6.45) is -0.204. The lowest BCUT2D eigenvalue weighted by Crippen LogP contribution is -2.29. The summed E-state index contributed by atoms with van der Waals surface area (Å²) in [6.45, 7) is 3.63. The smallest absolute Gasteiger partial charge is 0.347 e. The van der Waals surface area contributed by atoms with Gasteiger partial charge in [0, 0.05) is 10.6 Å². The summed E-state index contributed by atoms with van der Waals surface area (Å²) in [5.74, 6) is -0.00577. The summed E-state index contributed by atoms with van der Waals surface area (Å²) in [5.41, 5.74) is 0.474. The molecule has 18 heavy (non-hydrogen) atoms. The van der Waals surface area contributed by atoms with E-state index in [1.165, 1.54) is 0 Å². The highest BCUT2D eigenvalue weighted by atomic mass is 35.5. The molecule has 1 unspecified atom stereocenters. The first-order valence-corrected chi connectivity index (χ1v) is 6.23. The van der Waals surface area contributed by atoms with Gasteiger partial charge in [-0.25, -0.2) is 4.79 Å². The van der Waals surface area contributed by atoms with Gasteiger partial charge in [0.25, 0.3) is 0 Å². The van der Waals surface area contributed by atoms with Crippen LogP contribution in [0.15, 0.2) is 18.2 Å². The predicted molar refractivity (Wildman–Crippen MR) is 68.7 cm³/mol. The van der Waals surface area contributed by atoms with Crippen molar-refractivity contribution in [3.8, 4) is 5.75 Å². The van der Waals surface area contributed by atoms with Crippen molar-refractivity contribution in [2.45, 2.75) is 33.0 Å². The van der Waals surface area contributed by atoms with Gasteiger partial charge in [-0.2, -0.15) is 0 Å². The molecule has 1 aromatic carbocycles. The summed E-state index contributed by atoms with van der Waals surface area (Å²) in [7, 11) is 0. The maximum Gasteiger partial charge on any atom is 0.347 e. The SMILES string of the molecule is CCOC(=O)C(CC)Oc1cccc(Cl)c1CO. The van der Waals surface area contributed by atoms with E-state index in [9.17, 15) is 9.90 Å². The first kappa shape index (κ1) is 14.8. The van der Waals surface area contributed by atoms with Crippen molar-refractivity contribution in [1.82, 2.24) is 0 Å². The second-order valence-electron chi connectivity index (χ2n) is 3.64. The molecule has 1 rings (SSSR count). The maximum atomic E-state index is 11.6. The molecule has 0 heterocycles. The molecule has 0 aliphatic heterocycles. The average Bonchev–Trinajstić information content (AvgIpc) is 2.36. The highest BCUT2D eigenvalue weighted by Gasteiger charge is 2.21. The van der Waals surface area contributed by atoms with Crippen molar-refractivity contribution in [3.05, 3.63) is 28.8 Å². The molecule has 1 aromatic rings. The van der Waals surface area contributed by atoms with E-state index in [4.69, 9.17) is 21.1 Å². The largest absolute Gasteiger partial charge is 0.478 e. The minimum Gasteiger partial charge on any atom is -0.478 e. The van der Waals surface area contributed by atoms with Crippen LogP contribution in [0.4, 0.5) is 0 Å². The van der Waals surface area contributed by atoms with Gasteiger partial charge >= 0.3 is 5.97 Å². The van der Waals surface area contributed by atoms with Crippen LogP contribution in [-0.4, -0.2) is 23.8 Å². The van der Waals surface area contributed by atoms with E-state index in [0.29, 0.717) is 29.4 Å². The van der Waals surface area contributed by atoms with Crippen LogP contribution in [0.3, 0.4) is 0 Å². The molecular weight excluding hydrogens is 256 g/mol. The van der Waals surface area contributed by atoms with Gasteiger partial charge in [-0.05, 0) is 25.5 Å². The van der Waals surface area contributed by atoms with Crippen molar-refractivity contribution in [1.29, 1.82) is 0 Å². The lowest BCUT2D eigenvalue weighted by atomic mass is 10.2. The molecule has 0 radical (unpaired) electrons. The zero-order valence-electron chi connectivity index (χ0n) is 10.5. The normalized spacial score (nSPS) is 12.0. The maximum absolute atomic E-state index is 11.6. The monoisotopic (exact) mass is 272 g/mol. The molecule has 1 atom stereocenters. The first-order chi connectivity index (χ1) is 8.63. The second-order valence-corrected chi connectivity index (χ2v) is 4.05. The van der Waals surface area contributed by atoms with Gasteiger partial charge in [0.1, 0.15) is 5.75 Å². The molecule has 0 spiro atoms. The van der Waals surface area contributed by atoms with Gasteiger partial charge < -0.3 is 14.6 Å². The van der Waals surface area contributed by atoms with Crippen molar-refractivity contribution >= 4 is 17.6 Å². The fourth-order valence-corrected chi connectivity index (χ4v) is 1.71. The Bertz CT molecular complexity index is 406. The Labute approximate surface area is 111 Å². The Morgan fingerprint density at radius 1 is 1.44 bits per heavy atom. The van der Waals surface area contributed by atoms with Crippen LogP contribution in [0.1, 0.15) is 25.8 Å². The Balaban J connectivity index is 2.88. The number of halogens is 1. The van der Waals surface area contributed by atoms with Crippen molar-refractivity contribution in [3.63, 3.8) is 0 Å². The van der Waals surface area contributed by atoms with E-state index >= 15 is 0 Å². The molecule has 0 aromatic heterocycles. The summed E-state index contributed by atoms with van der Waals surface area (Å²) in [6, 6.07) is 5.03. The van der Waals surface area contributed by atoms with Crippen LogP contribution in [-0.2, 0) is 16.1 Å². The molecule has 1 N–H and O–H groups in total. The van der Waals surface area contributed by atoms with Crippen LogP contribution in [0.25, 0.3) is 0 Å². The Kier molecular flexibility index (Phi) is 5.95. The number of aliphatic hydroxyl groups excluding tert-OH is 1. The minimum absolute atomic E-state index is 0.242. The minimum atomic E-state index is -0.686. The van der Waals surface area contributed by atoms with Gasteiger partial charge in [-0.1, -0.05) is 24.6 Å². The number of rotatable bonds is 6. The van der Waals surface area contributed by atoms with Crippen LogP contribution in [0, 0.1) is 0 Å². The molecule has 0 bridgehead atoms. The molecule has 0 aliphatic rings. The lowest BCUT2D eigenvalue weighted by Gasteiger charge is -2.18. The van der Waals surface area contributed by atoms with E-state index in [2.05, 4.69) is 0 Å². The topological polar surface area (TPSA) is 55.8 Å². The fourth-order valence-electron chi connectivity index (χ4n) is 1.49. The van der Waals surface area contributed by atoms with Crippen LogP contribution < -0.4 is 4.74 Å². The quantitative estimate of drug-likeness (QED) is 0.809. The number of hydrogen-bond acceptors (Lipinski definition) is 4. The zero-order valence-corrected chi connectivity index (χ0v) is 11.2. The number of carbonyl (C=O) groups excluding carboxylic acids is 1. The van der Waals surface area contributed by atoms with Gasteiger partial charge in [0.05, 0.1) is 13.2 Å². The number of hydrogen-bond donors (Lipinski definition) is 1. The van der Waals surface area contributed by atoms with E-state index in [-0.39, 0.29) is 6.61 Å². The molecule has 0 saturated heterocycles. The molecular formula is C13H17ClO4. The van der Waals surface area contributed by atoms with Crippen LogP contribution >= 0.6 is 11.6 Å². The van der Waals surface area contributed by atoms with Gasteiger partial charge in [-0.15, -0.1) is 0 Å². The van der Waals surface area contributed by atoms with E-state index in [0.717, 1.165) is 0 Å². The molecule has 100 valence electrons. The van der Waals surface area contributed by atoms with Crippen molar-refractivity contribution in [2.75, 3.05) is 6.61 Å². The second kappa shape index (κ2) is 7.24. The number of esters is 1. The number of benzene rings is 1. The van der Waals surface area contributed by atoms with Crippen molar-refractivity contribution in [2.24, 2.45) is 0 Å². The Morgan fingerprint density at radius 2 is 2.17 bits per heavy atom. The van der Waals surface area contributed by atoms with Gasteiger partial charge in [0.2, 0.25) is 0 Å². The third-order valence-electron chi connectivity index (χ3n) is 2.42. The fraction of sp³-hybridized carbons (Fsp3) is 0.462. The number of aliphatic hydroxyl groups is 1. The first-order valence-electron chi connectivity index (χ1n) is 5.85. The molecule has 5 heteroatoms. The summed E-state index contributed by atoms with van der Waals surface area (Å²) >= 11 is 5.94. The summed E-state index contributed by atoms with van der Waals surface area (Å²) in [5, 5.41) is 9.66. The standard InChI is InChI=1S/C13H17ClO4/c1-3-11(13(16)17-4-2)18-12-7-5-6-10(14)9(12)8-15/h5-7,11,15H,3-4,8H2,1-2H3. The van der Waals surface area contributed by atoms with Gasteiger partial charge in [0.15, 0.2) is 6.10 Å². The van der Waals surface area contributed by atoms with E-state index < -0.39 is 12.1 Å². The summed E-state index contributed by atoms with van der Waals surface area (Å²) in [4.78, 5) is 11.6. The number of ether oxygens (including phenoxy) is 2. The summed E-state index contributed by atoms with van der Waals surface area (Å²) < 4.78 is 10.5. The van der Waals surface area contributed by atoms with Crippen LogP contribution in [0.2, 0.25) is 5.02 Å². The van der Waals surface area contributed by atoms with Crippen molar-refractivity contribution < 1.29 is 19.4 Å². The third kappa shape index (κ3) is 3.62. The lowest BCUT2D eigenvalue weighted by molar-refractivity contribution is -0.151. The van der Waals surface area contributed by atoms with Gasteiger partial charge in [-0.3, -0.25) is 0 Å². The van der Waals surface area contributed by atoms with E-state index in [1.54, 1.807) is 25.1 Å². The Morgan fingerprint density at radius 3 is 2.72 bits per heavy atom. The third-order valence-corrected chi connectivity index (χ3v) is 2.78. The average molecular weight is 273 g/mol. The zero-order chi connectivity index (χ0) is 13.5. The molecule has 0 aliphatic carbocycles. The number of carbonyl (C=O) groups is 1. The van der Waals surface area contributed by atoms with E-state index in [1.807, 2.05) is 6.92 Å².